The standard InChI is InChI=1S/C20H17Cl2N3O3/c1-23-19(26)13-9-12(5-6-15(13)21)24-20(27)14-10-16(22)17(11-18(14)28-2)25-7-3-4-8-25/h3-11H,1-2H3,(H,23,26)(H,24,27). The minimum atomic E-state index is -0.428. The molecule has 2 aromatic carbocycles. The van der Waals surface area contributed by atoms with Crippen LogP contribution >= 0.6 is 23.2 Å². The van der Waals surface area contributed by atoms with Crippen molar-refractivity contribution >= 4 is 40.7 Å². The summed E-state index contributed by atoms with van der Waals surface area (Å²) in [6.45, 7) is 0. The average Bonchev–Trinajstić information content (AvgIpc) is 3.23. The Morgan fingerprint density at radius 1 is 0.964 bits per heavy atom. The van der Waals surface area contributed by atoms with Crippen LogP contribution < -0.4 is 15.4 Å². The fourth-order valence-electron chi connectivity index (χ4n) is 2.69. The van der Waals surface area contributed by atoms with Gasteiger partial charge < -0.3 is 19.9 Å². The first-order valence-electron chi connectivity index (χ1n) is 8.28. The van der Waals surface area contributed by atoms with Crippen LogP contribution in [-0.2, 0) is 0 Å². The molecule has 3 aromatic rings. The van der Waals surface area contributed by atoms with Gasteiger partial charge in [-0.1, -0.05) is 23.2 Å². The van der Waals surface area contributed by atoms with Crippen LogP contribution in [0.4, 0.5) is 5.69 Å². The molecule has 0 spiro atoms. The van der Waals surface area contributed by atoms with Gasteiger partial charge in [0.15, 0.2) is 0 Å². The first kappa shape index (κ1) is 19.8. The number of rotatable bonds is 5. The van der Waals surface area contributed by atoms with Crippen molar-refractivity contribution in [3.63, 3.8) is 0 Å². The zero-order chi connectivity index (χ0) is 20.3. The van der Waals surface area contributed by atoms with Crippen LogP contribution in [0.1, 0.15) is 20.7 Å². The second-order valence-electron chi connectivity index (χ2n) is 5.82. The number of carbonyl (C=O) groups is 2. The molecule has 0 radical (unpaired) electrons. The summed E-state index contributed by atoms with van der Waals surface area (Å²) in [7, 11) is 2.98. The Kier molecular flexibility index (Phi) is 5.92. The van der Waals surface area contributed by atoms with Gasteiger partial charge in [-0.25, -0.2) is 0 Å². The average molecular weight is 418 g/mol. The highest BCUT2D eigenvalue weighted by Gasteiger charge is 2.18. The lowest BCUT2D eigenvalue weighted by Crippen LogP contribution is -2.19. The van der Waals surface area contributed by atoms with E-state index in [2.05, 4.69) is 10.6 Å². The van der Waals surface area contributed by atoms with Gasteiger partial charge in [0, 0.05) is 31.2 Å². The van der Waals surface area contributed by atoms with E-state index < -0.39 is 5.91 Å². The number of methoxy groups -OCH3 is 1. The van der Waals surface area contributed by atoms with Crippen molar-refractivity contribution in [1.29, 1.82) is 0 Å². The van der Waals surface area contributed by atoms with Gasteiger partial charge in [-0.3, -0.25) is 9.59 Å². The molecule has 0 fully saturated rings. The Bertz CT molecular complexity index is 1030. The van der Waals surface area contributed by atoms with Crippen molar-refractivity contribution < 1.29 is 14.3 Å². The summed E-state index contributed by atoms with van der Waals surface area (Å²) in [5, 5.41) is 5.92. The SMILES string of the molecule is CNC(=O)c1cc(NC(=O)c2cc(Cl)c(-n3cccc3)cc2OC)ccc1Cl. The van der Waals surface area contributed by atoms with E-state index in [1.807, 2.05) is 29.1 Å². The van der Waals surface area contributed by atoms with Crippen LogP contribution in [0.15, 0.2) is 54.9 Å². The number of hydrogen-bond acceptors (Lipinski definition) is 3. The van der Waals surface area contributed by atoms with Crippen LogP contribution in [0.25, 0.3) is 5.69 Å². The number of amides is 2. The molecule has 2 amide bonds. The molecule has 2 N–H and O–H groups in total. The molecule has 28 heavy (non-hydrogen) atoms. The van der Waals surface area contributed by atoms with Gasteiger partial charge in [0.1, 0.15) is 5.75 Å². The molecule has 144 valence electrons. The molecule has 0 bridgehead atoms. The number of halogens is 2. The molecule has 0 saturated carbocycles. The molecule has 0 aliphatic carbocycles. The van der Waals surface area contributed by atoms with E-state index >= 15 is 0 Å². The minimum absolute atomic E-state index is 0.259. The fraction of sp³-hybridized carbons (Fsp3) is 0.100. The van der Waals surface area contributed by atoms with Crippen molar-refractivity contribution in [2.75, 3.05) is 19.5 Å². The second-order valence-corrected chi connectivity index (χ2v) is 6.64. The smallest absolute Gasteiger partial charge is 0.259 e. The van der Waals surface area contributed by atoms with Gasteiger partial charge in [-0.05, 0) is 36.4 Å². The highest BCUT2D eigenvalue weighted by atomic mass is 35.5. The third kappa shape index (κ3) is 3.98. The van der Waals surface area contributed by atoms with Crippen LogP contribution in [0, 0.1) is 0 Å². The van der Waals surface area contributed by atoms with Gasteiger partial charge in [-0.15, -0.1) is 0 Å². The maximum Gasteiger partial charge on any atom is 0.259 e. The number of benzene rings is 2. The number of nitrogens with one attached hydrogen (secondary N) is 2. The predicted molar refractivity (Wildman–Crippen MR) is 110 cm³/mol. The Balaban J connectivity index is 1.93. The topological polar surface area (TPSA) is 72.4 Å². The molecule has 3 rings (SSSR count). The van der Waals surface area contributed by atoms with E-state index in [1.165, 1.54) is 20.2 Å². The molecule has 8 heteroatoms. The number of ether oxygens (including phenoxy) is 1. The molecular weight excluding hydrogens is 401 g/mol. The zero-order valence-corrected chi connectivity index (χ0v) is 16.6. The van der Waals surface area contributed by atoms with Crippen molar-refractivity contribution in [2.24, 2.45) is 0 Å². The molecule has 1 aromatic heterocycles. The van der Waals surface area contributed by atoms with E-state index in [1.54, 1.807) is 24.3 Å². The first-order valence-corrected chi connectivity index (χ1v) is 9.04. The Hall–Kier alpha value is -2.96. The molecule has 0 unspecified atom stereocenters. The summed E-state index contributed by atoms with van der Waals surface area (Å²) in [5.74, 6) is -0.410. The molecule has 0 aliphatic rings. The zero-order valence-electron chi connectivity index (χ0n) is 15.1. The highest BCUT2D eigenvalue weighted by Crippen LogP contribution is 2.31. The van der Waals surface area contributed by atoms with Gasteiger partial charge in [0.25, 0.3) is 11.8 Å². The van der Waals surface area contributed by atoms with Crippen molar-refractivity contribution in [3.8, 4) is 11.4 Å². The van der Waals surface area contributed by atoms with Crippen LogP contribution in [0.5, 0.6) is 5.75 Å². The van der Waals surface area contributed by atoms with Gasteiger partial charge >= 0.3 is 0 Å². The van der Waals surface area contributed by atoms with Crippen LogP contribution in [0.2, 0.25) is 10.0 Å². The van der Waals surface area contributed by atoms with E-state index in [4.69, 9.17) is 27.9 Å². The van der Waals surface area contributed by atoms with Crippen molar-refractivity contribution in [3.05, 3.63) is 76.0 Å². The lowest BCUT2D eigenvalue weighted by molar-refractivity contribution is 0.0961. The molecular formula is C20H17Cl2N3O3. The second kappa shape index (κ2) is 8.37. The first-order chi connectivity index (χ1) is 13.4. The summed E-state index contributed by atoms with van der Waals surface area (Å²) in [6, 6.07) is 11.6. The summed E-state index contributed by atoms with van der Waals surface area (Å²) in [4.78, 5) is 24.7. The lowest BCUT2D eigenvalue weighted by atomic mass is 10.1. The summed E-state index contributed by atoms with van der Waals surface area (Å²) in [5.41, 5.74) is 1.63. The maximum atomic E-state index is 12.8. The Morgan fingerprint density at radius 3 is 2.32 bits per heavy atom. The van der Waals surface area contributed by atoms with Crippen molar-refractivity contribution in [1.82, 2.24) is 9.88 Å². The third-order valence-electron chi connectivity index (χ3n) is 4.09. The van der Waals surface area contributed by atoms with E-state index in [-0.39, 0.29) is 22.1 Å². The molecule has 1 heterocycles. The van der Waals surface area contributed by atoms with E-state index in [0.717, 1.165) is 0 Å². The normalized spacial score (nSPS) is 10.4. The molecule has 6 nitrogen and oxygen atoms in total. The van der Waals surface area contributed by atoms with E-state index in [9.17, 15) is 9.59 Å². The lowest BCUT2D eigenvalue weighted by Gasteiger charge is -2.14. The van der Waals surface area contributed by atoms with Gasteiger partial charge in [0.05, 0.1) is 34.0 Å². The summed E-state index contributed by atoms with van der Waals surface area (Å²) < 4.78 is 7.20. The molecule has 0 saturated heterocycles. The predicted octanol–water partition coefficient (Wildman–Crippen LogP) is 4.40. The number of nitrogens with zero attached hydrogens (tertiary/aromatic N) is 1. The molecule has 0 aliphatic heterocycles. The van der Waals surface area contributed by atoms with Gasteiger partial charge in [0.2, 0.25) is 0 Å². The highest BCUT2D eigenvalue weighted by molar-refractivity contribution is 6.34. The minimum Gasteiger partial charge on any atom is -0.496 e. The number of anilines is 1. The van der Waals surface area contributed by atoms with E-state index in [0.29, 0.717) is 22.1 Å². The quantitative estimate of drug-likeness (QED) is 0.645. The largest absolute Gasteiger partial charge is 0.496 e. The summed E-state index contributed by atoms with van der Waals surface area (Å²) >= 11 is 12.4. The van der Waals surface area contributed by atoms with Crippen LogP contribution in [-0.4, -0.2) is 30.5 Å². The Labute approximate surface area is 172 Å². The van der Waals surface area contributed by atoms with Crippen molar-refractivity contribution in [2.45, 2.75) is 0 Å². The summed E-state index contributed by atoms with van der Waals surface area (Å²) in [6.07, 6.45) is 3.68. The molecule has 0 atom stereocenters. The fourth-order valence-corrected chi connectivity index (χ4v) is 3.16. The number of aromatic nitrogens is 1. The van der Waals surface area contributed by atoms with Gasteiger partial charge in [-0.2, -0.15) is 0 Å². The Morgan fingerprint density at radius 2 is 1.68 bits per heavy atom. The number of carbonyl (C=O) groups excluding carboxylic acids is 2. The van der Waals surface area contributed by atoms with Crippen LogP contribution in [0.3, 0.4) is 0 Å². The monoisotopic (exact) mass is 417 g/mol. The third-order valence-corrected chi connectivity index (χ3v) is 4.72. The number of hydrogen-bond donors (Lipinski definition) is 2. The maximum absolute atomic E-state index is 12.8.